The first-order chi connectivity index (χ1) is 14.3. The maximum atomic E-state index is 5.46. The average Bonchev–Trinajstić information content (AvgIpc) is 3.23. The van der Waals surface area contributed by atoms with Crippen LogP contribution >= 0.6 is 11.3 Å². The van der Waals surface area contributed by atoms with Gasteiger partial charge >= 0.3 is 0 Å². The molecule has 4 rings (SSSR count). The third-order valence-electron chi connectivity index (χ3n) is 4.45. The number of aliphatic imine (C=N–C) groups is 1. The molecule has 4 nitrogen and oxygen atoms in total. The fourth-order valence-corrected chi connectivity index (χ4v) is 3.93. The maximum absolute atomic E-state index is 5.46. The molecule has 1 heterocycles. The van der Waals surface area contributed by atoms with Gasteiger partial charge in [0.25, 0.3) is 0 Å². The Hall–Kier alpha value is -3.44. The monoisotopic (exact) mass is 400 g/mol. The van der Waals surface area contributed by atoms with Crippen LogP contribution in [-0.2, 0) is 0 Å². The summed E-state index contributed by atoms with van der Waals surface area (Å²) in [5, 5.41) is 0.695. The van der Waals surface area contributed by atoms with E-state index in [4.69, 9.17) is 14.5 Å². The number of hydrogen-bond donors (Lipinski definition) is 0. The van der Waals surface area contributed by atoms with Crippen LogP contribution in [0, 0.1) is 0 Å². The highest BCUT2D eigenvalue weighted by Crippen LogP contribution is 2.40. The number of thiazole rings is 1. The predicted molar refractivity (Wildman–Crippen MR) is 120 cm³/mol. The maximum Gasteiger partial charge on any atom is 0.210 e. The van der Waals surface area contributed by atoms with Crippen molar-refractivity contribution in [3.63, 3.8) is 0 Å². The molecule has 0 radical (unpaired) electrons. The van der Waals surface area contributed by atoms with E-state index in [-0.39, 0.29) is 0 Å². The molecule has 1 aromatic heterocycles. The van der Waals surface area contributed by atoms with Crippen LogP contribution in [0.4, 0.5) is 5.13 Å². The van der Waals surface area contributed by atoms with E-state index in [1.807, 2.05) is 54.6 Å². The molecule has 29 heavy (non-hydrogen) atoms. The van der Waals surface area contributed by atoms with Crippen LogP contribution in [0.1, 0.15) is 5.56 Å². The van der Waals surface area contributed by atoms with Crippen molar-refractivity contribution >= 4 is 22.7 Å². The Morgan fingerprint density at radius 1 is 0.828 bits per heavy atom. The summed E-state index contributed by atoms with van der Waals surface area (Å²) in [5.74, 6) is 1.45. The second-order valence-electron chi connectivity index (χ2n) is 6.27. The lowest BCUT2D eigenvalue weighted by Gasteiger charge is -2.06. The van der Waals surface area contributed by atoms with Crippen molar-refractivity contribution in [2.75, 3.05) is 14.2 Å². The van der Waals surface area contributed by atoms with Gasteiger partial charge in [0.2, 0.25) is 5.13 Å². The number of ether oxygens (including phenoxy) is 2. The van der Waals surface area contributed by atoms with Crippen LogP contribution in [0.15, 0.2) is 83.9 Å². The number of rotatable bonds is 6. The van der Waals surface area contributed by atoms with Gasteiger partial charge in [-0.2, -0.15) is 0 Å². The highest BCUT2D eigenvalue weighted by molar-refractivity contribution is 7.19. The van der Waals surface area contributed by atoms with E-state index in [1.165, 1.54) is 0 Å². The van der Waals surface area contributed by atoms with Gasteiger partial charge < -0.3 is 9.47 Å². The van der Waals surface area contributed by atoms with Gasteiger partial charge in [-0.05, 0) is 17.7 Å². The summed E-state index contributed by atoms with van der Waals surface area (Å²) in [4.78, 5) is 10.6. The standard InChI is InChI=1S/C24H20N2O2S/c1-27-20-14-13-19(21(15-20)28-2)16-25-24-26-22(17-9-5-3-6-10-17)23(29-24)18-11-7-4-8-12-18/h3-16H,1-2H3. The quantitative estimate of drug-likeness (QED) is 0.360. The van der Waals surface area contributed by atoms with Gasteiger partial charge in [0.15, 0.2) is 0 Å². The summed E-state index contributed by atoms with van der Waals surface area (Å²) < 4.78 is 10.7. The first-order valence-corrected chi connectivity index (χ1v) is 9.98. The predicted octanol–water partition coefficient (Wildman–Crippen LogP) is 6.24. The fourth-order valence-electron chi connectivity index (χ4n) is 2.99. The first kappa shape index (κ1) is 18.9. The lowest BCUT2D eigenvalue weighted by atomic mass is 10.1. The average molecular weight is 401 g/mol. The molecule has 144 valence electrons. The summed E-state index contributed by atoms with van der Waals surface area (Å²) in [5.41, 5.74) is 4.01. The van der Waals surface area contributed by atoms with Crippen molar-refractivity contribution in [2.45, 2.75) is 0 Å². The molecule has 0 fully saturated rings. The van der Waals surface area contributed by atoms with E-state index in [2.05, 4.69) is 29.3 Å². The van der Waals surface area contributed by atoms with Crippen LogP contribution in [0.2, 0.25) is 0 Å². The molecule has 0 bridgehead atoms. The number of nitrogens with zero attached hydrogens (tertiary/aromatic N) is 2. The summed E-state index contributed by atoms with van der Waals surface area (Å²) >= 11 is 1.57. The van der Waals surface area contributed by atoms with Crippen LogP contribution in [0.3, 0.4) is 0 Å². The van der Waals surface area contributed by atoms with E-state index in [1.54, 1.807) is 31.8 Å². The van der Waals surface area contributed by atoms with E-state index in [0.29, 0.717) is 10.9 Å². The molecular weight excluding hydrogens is 380 g/mol. The van der Waals surface area contributed by atoms with Crippen LogP contribution in [0.25, 0.3) is 21.7 Å². The molecule has 3 aromatic carbocycles. The van der Waals surface area contributed by atoms with Gasteiger partial charge in [0.1, 0.15) is 11.5 Å². The Bertz CT molecular complexity index is 1070. The van der Waals surface area contributed by atoms with E-state index in [0.717, 1.165) is 33.0 Å². The second-order valence-corrected chi connectivity index (χ2v) is 7.25. The first-order valence-electron chi connectivity index (χ1n) is 9.16. The molecule has 0 spiro atoms. The molecular formula is C24H20N2O2S. The Labute approximate surface area is 174 Å². The zero-order valence-electron chi connectivity index (χ0n) is 16.2. The molecule has 0 saturated heterocycles. The van der Waals surface area contributed by atoms with Crippen molar-refractivity contribution in [1.29, 1.82) is 0 Å². The van der Waals surface area contributed by atoms with E-state index < -0.39 is 0 Å². The summed E-state index contributed by atoms with van der Waals surface area (Å²) in [6.45, 7) is 0. The summed E-state index contributed by atoms with van der Waals surface area (Å²) in [7, 11) is 3.27. The normalized spacial score (nSPS) is 11.0. The van der Waals surface area contributed by atoms with Gasteiger partial charge in [-0.3, -0.25) is 0 Å². The number of benzene rings is 3. The smallest absolute Gasteiger partial charge is 0.210 e. The molecule has 0 saturated carbocycles. The Balaban J connectivity index is 1.74. The molecule has 0 N–H and O–H groups in total. The number of hydrogen-bond acceptors (Lipinski definition) is 5. The summed E-state index contributed by atoms with van der Waals surface area (Å²) in [6.07, 6.45) is 1.78. The van der Waals surface area contributed by atoms with Crippen molar-refractivity contribution in [2.24, 2.45) is 4.99 Å². The zero-order chi connectivity index (χ0) is 20.1. The van der Waals surface area contributed by atoms with Crippen molar-refractivity contribution in [3.8, 4) is 33.2 Å². The van der Waals surface area contributed by atoms with Crippen molar-refractivity contribution in [1.82, 2.24) is 4.98 Å². The molecule has 0 amide bonds. The van der Waals surface area contributed by atoms with Gasteiger partial charge in [-0.1, -0.05) is 72.0 Å². The number of methoxy groups -OCH3 is 2. The topological polar surface area (TPSA) is 43.7 Å². The number of aromatic nitrogens is 1. The van der Waals surface area contributed by atoms with Crippen LogP contribution in [-0.4, -0.2) is 25.4 Å². The highest BCUT2D eigenvalue weighted by atomic mass is 32.1. The lowest BCUT2D eigenvalue weighted by Crippen LogP contribution is -1.92. The third-order valence-corrected chi connectivity index (χ3v) is 5.47. The second kappa shape index (κ2) is 8.71. The highest BCUT2D eigenvalue weighted by Gasteiger charge is 2.14. The molecule has 4 aromatic rings. The zero-order valence-corrected chi connectivity index (χ0v) is 17.0. The SMILES string of the molecule is COc1ccc(C=Nc2nc(-c3ccccc3)c(-c3ccccc3)s2)c(OC)c1. The molecule has 5 heteroatoms. The summed E-state index contributed by atoms with van der Waals surface area (Å²) in [6, 6.07) is 26.1. The minimum Gasteiger partial charge on any atom is -0.497 e. The minimum absolute atomic E-state index is 0.695. The Kier molecular flexibility index (Phi) is 5.68. The molecule has 0 unspecified atom stereocenters. The van der Waals surface area contributed by atoms with Gasteiger partial charge in [0, 0.05) is 23.4 Å². The van der Waals surface area contributed by atoms with Gasteiger partial charge in [-0.15, -0.1) is 0 Å². The molecule has 0 aliphatic rings. The molecule has 0 atom stereocenters. The van der Waals surface area contributed by atoms with Gasteiger partial charge in [0.05, 0.1) is 24.8 Å². The van der Waals surface area contributed by atoms with E-state index in [9.17, 15) is 0 Å². The van der Waals surface area contributed by atoms with E-state index >= 15 is 0 Å². The van der Waals surface area contributed by atoms with Crippen LogP contribution in [0.5, 0.6) is 11.5 Å². The molecule has 0 aliphatic carbocycles. The van der Waals surface area contributed by atoms with Crippen molar-refractivity contribution < 1.29 is 9.47 Å². The Morgan fingerprint density at radius 3 is 2.17 bits per heavy atom. The largest absolute Gasteiger partial charge is 0.497 e. The van der Waals surface area contributed by atoms with Crippen LogP contribution < -0.4 is 9.47 Å². The van der Waals surface area contributed by atoms with Crippen molar-refractivity contribution in [3.05, 3.63) is 84.4 Å². The van der Waals surface area contributed by atoms with Gasteiger partial charge in [-0.25, -0.2) is 9.98 Å². The minimum atomic E-state index is 0.695. The lowest BCUT2D eigenvalue weighted by molar-refractivity contribution is 0.394. The molecule has 0 aliphatic heterocycles. The fraction of sp³-hybridized carbons (Fsp3) is 0.0833. The Morgan fingerprint density at radius 2 is 1.52 bits per heavy atom. The third kappa shape index (κ3) is 4.20.